The summed E-state index contributed by atoms with van der Waals surface area (Å²) < 4.78 is 0. The number of amides is 1. The Bertz CT molecular complexity index is 527. The van der Waals surface area contributed by atoms with Gasteiger partial charge in [-0.3, -0.25) is 10.1 Å². The van der Waals surface area contributed by atoms with Crippen molar-refractivity contribution < 1.29 is 4.79 Å². The first-order valence-corrected chi connectivity index (χ1v) is 8.27. The van der Waals surface area contributed by atoms with Crippen LogP contribution >= 0.6 is 0 Å². The molecule has 1 fully saturated rings. The van der Waals surface area contributed by atoms with Crippen LogP contribution in [0.3, 0.4) is 0 Å². The smallest absolute Gasteiger partial charge is 0.227 e. The number of aryl methyl sites for hydroxylation is 2. The predicted octanol–water partition coefficient (Wildman–Crippen LogP) is 3.16. The van der Waals surface area contributed by atoms with Crippen molar-refractivity contribution in [2.75, 3.05) is 5.32 Å². The lowest BCUT2D eigenvalue weighted by molar-refractivity contribution is -0.129. The molecule has 1 aromatic rings. The van der Waals surface area contributed by atoms with E-state index in [1.807, 2.05) is 0 Å². The van der Waals surface area contributed by atoms with Gasteiger partial charge in [-0.2, -0.15) is 0 Å². The molecule has 0 radical (unpaired) electrons. The van der Waals surface area contributed by atoms with E-state index in [0.717, 1.165) is 18.5 Å². The Labute approximate surface area is 134 Å². The lowest BCUT2D eigenvalue weighted by Gasteiger charge is -2.37. The zero-order valence-corrected chi connectivity index (χ0v) is 14.4. The average Bonchev–Trinajstić information content (AvgIpc) is 2.40. The summed E-state index contributed by atoms with van der Waals surface area (Å²) in [5, 5.41) is 9.90. The van der Waals surface area contributed by atoms with Crippen molar-refractivity contribution in [3.8, 4) is 0 Å². The summed E-state index contributed by atoms with van der Waals surface area (Å²) in [5.41, 5.74) is 3.48. The predicted molar refractivity (Wildman–Crippen MR) is 91.6 cm³/mol. The van der Waals surface area contributed by atoms with Crippen molar-refractivity contribution in [2.24, 2.45) is 11.8 Å². The van der Waals surface area contributed by atoms with Gasteiger partial charge in [0.2, 0.25) is 5.91 Å². The third-order valence-electron chi connectivity index (χ3n) is 4.39. The number of rotatable bonds is 5. The highest BCUT2D eigenvalue weighted by Crippen LogP contribution is 2.21. The molecule has 22 heavy (non-hydrogen) atoms. The Morgan fingerprint density at radius 3 is 2.59 bits per heavy atom. The highest BCUT2D eigenvalue weighted by atomic mass is 16.2. The molecule has 0 bridgehead atoms. The van der Waals surface area contributed by atoms with E-state index in [1.54, 1.807) is 0 Å². The summed E-state index contributed by atoms with van der Waals surface area (Å²) in [6.45, 7) is 10.7. The van der Waals surface area contributed by atoms with E-state index in [0.29, 0.717) is 5.92 Å². The molecule has 0 spiro atoms. The molecule has 1 amide bonds. The fourth-order valence-electron chi connectivity index (χ4n) is 3.00. The first-order valence-electron chi connectivity index (χ1n) is 8.27. The van der Waals surface area contributed by atoms with Gasteiger partial charge in [0.05, 0.1) is 5.92 Å². The minimum atomic E-state index is -0.209. The van der Waals surface area contributed by atoms with Crippen LogP contribution in [0, 0.1) is 25.7 Å². The van der Waals surface area contributed by atoms with Crippen LogP contribution < -0.4 is 16.0 Å². The fourth-order valence-corrected chi connectivity index (χ4v) is 3.00. The monoisotopic (exact) mass is 303 g/mol. The van der Waals surface area contributed by atoms with Crippen LogP contribution in [0.25, 0.3) is 0 Å². The van der Waals surface area contributed by atoms with Crippen LogP contribution in [-0.2, 0) is 4.79 Å². The maximum atomic E-state index is 12.4. The Kier molecular flexibility index (Phi) is 5.46. The molecule has 2 rings (SSSR count). The molecule has 4 nitrogen and oxygen atoms in total. The fraction of sp³-hybridized carbons (Fsp3) is 0.611. The Balaban J connectivity index is 1.97. The topological polar surface area (TPSA) is 53.2 Å². The van der Waals surface area contributed by atoms with E-state index in [1.165, 1.54) is 11.1 Å². The van der Waals surface area contributed by atoms with Crippen LogP contribution in [-0.4, -0.2) is 18.2 Å². The number of hydrogen-bond donors (Lipinski definition) is 3. The molecule has 0 saturated carbocycles. The van der Waals surface area contributed by atoms with Gasteiger partial charge in [-0.1, -0.05) is 38.0 Å². The van der Waals surface area contributed by atoms with Gasteiger partial charge < -0.3 is 10.6 Å². The summed E-state index contributed by atoms with van der Waals surface area (Å²) in [5.74, 6) is 0.833. The number of nitrogens with one attached hydrogen (secondary N) is 3. The van der Waals surface area contributed by atoms with Gasteiger partial charge in [0.1, 0.15) is 0 Å². The third kappa shape index (κ3) is 4.23. The SMILES string of the molecule is Cc1ccc(NC2NC(=O)C(CCC(C)C)C(C)N2)c(C)c1. The zero-order valence-electron chi connectivity index (χ0n) is 14.4. The Morgan fingerprint density at radius 2 is 2.00 bits per heavy atom. The van der Waals surface area contributed by atoms with E-state index in [2.05, 4.69) is 68.8 Å². The number of anilines is 1. The van der Waals surface area contributed by atoms with Crippen molar-refractivity contribution in [1.82, 2.24) is 10.6 Å². The Morgan fingerprint density at radius 1 is 1.27 bits per heavy atom. The molecule has 3 atom stereocenters. The van der Waals surface area contributed by atoms with Crippen LogP contribution in [0.15, 0.2) is 18.2 Å². The first-order chi connectivity index (χ1) is 10.4. The van der Waals surface area contributed by atoms with Crippen LogP contribution in [0.2, 0.25) is 0 Å². The molecule has 1 aromatic carbocycles. The van der Waals surface area contributed by atoms with E-state index in [4.69, 9.17) is 0 Å². The minimum absolute atomic E-state index is 0.0552. The molecular weight excluding hydrogens is 274 g/mol. The van der Waals surface area contributed by atoms with Gasteiger partial charge in [-0.25, -0.2) is 0 Å². The summed E-state index contributed by atoms with van der Waals surface area (Å²) in [7, 11) is 0. The normalized spacial score (nSPS) is 25.2. The maximum Gasteiger partial charge on any atom is 0.227 e. The molecule has 4 heteroatoms. The van der Waals surface area contributed by atoms with E-state index in [-0.39, 0.29) is 24.2 Å². The lowest BCUT2D eigenvalue weighted by Crippen LogP contribution is -2.63. The lowest BCUT2D eigenvalue weighted by atomic mass is 9.90. The molecule has 3 N–H and O–H groups in total. The van der Waals surface area contributed by atoms with Crippen molar-refractivity contribution in [2.45, 2.75) is 59.8 Å². The highest BCUT2D eigenvalue weighted by Gasteiger charge is 2.33. The van der Waals surface area contributed by atoms with Gasteiger partial charge in [0, 0.05) is 11.7 Å². The van der Waals surface area contributed by atoms with Gasteiger partial charge in [0.15, 0.2) is 6.29 Å². The molecular formula is C18H29N3O. The van der Waals surface area contributed by atoms with Gasteiger partial charge in [0.25, 0.3) is 0 Å². The second-order valence-corrected chi connectivity index (χ2v) is 6.94. The summed E-state index contributed by atoms with van der Waals surface area (Å²) in [6.07, 6.45) is 1.81. The number of carbonyl (C=O) groups is 1. The quantitative estimate of drug-likeness (QED) is 0.783. The van der Waals surface area contributed by atoms with Crippen molar-refractivity contribution >= 4 is 11.6 Å². The molecule has 122 valence electrons. The van der Waals surface area contributed by atoms with Crippen LogP contribution in [0.1, 0.15) is 44.7 Å². The standard InChI is InChI=1S/C18H29N3O/c1-11(2)6-8-15-14(5)19-18(21-17(15)22)20-16-9-7-12(3)10-13(16)4/h7,9-11,14-15,18-20H,6,8H2,1-5H3,(H,21,22). The van der Waals surface area contributed by atoms with Gasteiger partial charge >= 0.3 is 0 Å². The second-order valence-electron chi connectivity index (χ2n) is 6.94. The van der Waals surface area contributed by atoms with Crippen molar-refractivity contribution in [3.05, 3.63) is 29.3 Å². The average molecular weight is 303 g/mol. The van der Waals surface area contributed by atoms with Gasteiger partial charge in [-0.15, -0.1) is 0 Å². The molecule has 0 aromatic heterocycles. The van der Waals surface area contributed by atoms with Crippen LogP contribution in [0.4, 0.5) is 5.69 Å². The van der Waals surface area contributed by atoms with E-state index >= 15 is 0 Å². The highest BCUT2D eigenvalue weighted by molar-refractivity contribution is 5.80. The molecule has 3 unspecified atom stereocenters. The van der Waals surface area contributed by atoms with Gasteiger partial charge in [-0.05, 0) is 44.7 Å². The molecule has 1 heterocycles. The van der Waals surface area contributed by atoms with E-state index < -0.39 is 0 Å². The minimum Gasteiger partial charge on any atom is -0.353 e. The summed E-state index contributed by atoms with van der Waals surface area (Å²) in [4.78, 5) is 12.4. The van der Waals surface area contributed by atoms with Crippen molar-refractivity contribution in [3.63, 3.8) is 0 Å². The van der Waals surface area contributed by atoms with Crippen LogP contribution in [0.5, 0.6) is 0 Å². The largest absolute Gasteiger partial charge is 0.353 e. The second kappa shape index (κ2) is 7.14. The first kappa shape index (κ1) is 16.8. The summed E-state index contributed by atoms with van der Waals surface area (Å²) >= 11 is 0. The number of benzene rings is 1. The molecule has 0 aliphatic carbocycles. The summed E-state index contributed by atoms with van der Waals surface area (Å²) in [6, 6.07) is 6.46. The zero-order chi connectivity index (χ0) is 16.3. The third-order valence-corrected chi connectivity index (χ3v) is 4.39. The van der Waals surface area contributed by atoms with Crippen molar-refractivity contribution in [1.29, 1.82) is 0 Å². The molecule has 1 aliphatic heterocycles. The number of hydrogen-bond acceptors (Lipinski definition) is 3. The molecule has 1 saturated heterocycles. The van der Waals surface area contributed by atoms with E-state index in [9.17, 15) is 4.79 Å². The maximum absolute atomic E-state index is 12.4. The Hall–Kier alpha value is -1.55. The number of carbonyl (C=O) groups excluding carboxylic acids is 1. The molecule has 1 aliphatic rings.